The summed E-state index contributed by atoms with van der Waals surface area (Å²) in [6, 6.07) is 0. The van der Waals surface area contributed by atoms with Gasteiger partial charge in [-0.25, -0.2) is 0 Å². The van der Waals surface area contributed by atoms with Crippen LogP contribution < -0.4 is 0 Å². The van der Waals surface area contributed by atoms with Gasteiger partial charge in [0.1, 0.15) is 6.10 Å². The molecule has 1 radical (unpaired) electrons. The van der Waals surface area contributed by atoms with E-state index < -0.39 is 0 Å². The van der Waals surface area contributed by atoms with Crippen LogP contribution in [0.2, 0.25) is 0 Å². The molecule has 2 nitrogen and oxygen atoms in total. The summed E-state index contributed by atoms with van der Waals surface area (Å²) < 4.78 is 4.53. The Bertz CT molecular complexity index is 70.8. The molecule has 0 aliphatic rings. The summed E-state index contributed by atoms with van der Waals surface area (Å²) in [7, 11) is 0. The first-order chi connectivity index (χ1) is 3.13. The van der Waals surface area contributed by atoms with E-state index in [4.69, 9.17) is 0 Å². The Hall–Kier alpha value is -0.530. The SMILES string of the molecule is C[C](C)OC(C)=O.[H+]. The number of carbonyl (C=O) groups excluding carboxylic acids is 1. The van der Waals surface area contributed by atoms with Crippen LogP contribution in [0.25, 0.3) is 0 Å². The van der Waals surface area contributed by atoms with Crippen LogP contribution in [0.15, 0.2) is 0 Å². The summed E-state index contributed by atoms with van der Waals surface area (Å²) in [6.45, 7) is 4.86. The van der Waals surface area contributed by atoms with Gasteiger partial charge in [-0.3, -0.25) is 4.79 Å². The van der Waals surface area contributed by atoms with Crippen LogP contribution in [0, 0.1) is 6.10 Å². The van der Waals surface area contributed by atoms with E-state index in [1.54, 1.807) is 13.8 Å². The number of hydrogen-bond acceptors (Lipinski definition) is 2. The Kier molecular flexibility index (Phi) is 2.41. The maximum absolute atomic E-state index is 10.0. The third kappa shape index (κ3) is 5.47. The second-order valence-corrected chi connectivity index (χ2v) is 1.50. The highest BCUT2D eigenvalue weighted by atomic mass is 16.5. The minimum absolute atomic E-state index is 0. The van der Waals surface area contributed by atoms with E-state index in [9.17, 15) is 4.79 Å². The van der Waals surface area contributed by atoms with Crippen LogP contribution in [0.4, 0.5) is 0 Å². The molecule has 0 unspecified atom stereocenters. The monoisotopic (exact) mass is 102 g/mol. The summed E-state index contributed by atoms with van der Waals surface area (Å²) in [5, 5.41) is 0. The Morgan fingerprint density at radius 2 is 1.86 bits per heavy atom. The molecule has 2 heteroatoms. The van der Waals surface area contributed by atoms with Gasteiger partial charge in [0.05, 0.1) is 0 Å². The second kappa shape index (κ2) is 2.61. The van der Waals surface area contributed by atoms with Crippen LogP contribution in [0.5, 0.6) is 0 Å². The Morgan fingerprint density at radius 1 is 1.43 bits per heavy atom. The van der Waals surface area contributed by atoms with E-state index in [1.807, 2.05) is 0 Å². The third-order valence-electron chi connectivity index (χ3n) is 0.348. The second-order valence-electron chi connectivity index (χ2n) is 1.50. The highest BCUT2D eigenvalue weighted by Crippen LogP contribution is 1.95. The molecule has 0 aromatic rings. The predicted molar refractivity (Wildman–Crippen MR) is 27.5 cm³/mol. The van der Waals surface area contributed by atoms with Crippen LogP contribution in [0.3, 0.4) is 0 Å². The number of hydrogen-bond donors (Lipinski definition) is 0. The zero-order valence-electron chi connectivity index (χ0n) is 5.82. The van der Waals surface area contributed by atoms with Crippen molar-refractivity contribution in [2.75, 3.05) is 0 Å². The van der Waals surface area contributed by atoms with E-state index >= 15 is 0 Å². The van der Waals surface area contributed by atoms with Crippen molar-refractivity contribution in [3.63, 3.8) is 0 Å². The quantitative estimate of drug-likeness (QED) is 0.465. The molecule has 0 saturated heterocycles. The molecule has 0 atom stereocenters. The zero-order chi connectivity index (χ0) is 5.86. The minimum Gasteiger partial charge on any atom is -0.456 e. The van der Waals surface area contributed by atoms with Crippen molar-refractivity contribution in [3.8, 4) is 0 Å². The average Bonchev–Trinajstić information content (AvgIpc) is 1.27. The van der Waals surface area contributed by atoms with E-state index in [0.717, 1.165) is 0 Å². The molecule has 0 N–H and O–H groups in total. The van der Waals surface area contributed by atoms with Crippen molar-refractivity contribution < 1.29 is 11.0 Å². The Labute approximate surface area is 45.0 Å². The lowest BCUT2D eigenvalue weighted by atomic mass is 10.5. The molecule has 0 saturated carbocycles. The molecule has 0 rings (SSSR count). The smallest absolute Gasteiger partial charge is 0.456 e. The normalized spacial score (nSPS) is 9.14. The predicted octanol–water partition coefficient (Wildman–Crippen LogP) is 1.23. The lowest BCUT2D eigenvalue weighted by molar-refractivity contribution is -0.139. The summed E-state index contributed by atoms with van der Waals surface area (Å²) >= 11 is 0. The fourth-order valence-corrected chi connectivity index (χ4v) is 0.287. The fourth-order valence-electron chi connectivity index (χ4n) is 0.287. The first-order valence-electron chi connectivity index (χ1n) is 2.11. The van der Waals surface area contributed by atoms with Gasteiger partial charge in [0.15, 0.2) is 0 Å². The van der Waals surface area contributed by atoms with Crippen LogP contribution in [0.1, 0.15) is 22.2 Å². The molecular weight excluding hydrogens is 92.1 g/mol. The number of esters is 1. The molecule has 0 bridgehead atoms. The Morgan fingerprint density at radius 3 is 1.86 bits per heavy atom. The maximum atomic E-state index is 10.0. The van der Waals surface area contributed by atoms with E-state index in [1.165, 1.54) is 6.92 Å². The van der Waals surface area contributed by atoms with Gasteiger partial charge in [0, 0.05) is 6.92 Å². The highest BCUT2D eigenvalue weighted by Gasteiger charge is 1.95. The molecule has 0 aliphatic carbocycles. The molecule has 0 aromatic carbocycles. The largest absolute Gasteiger partial charge is 1.00 e. The third-order valence-corrected chi connectivity index (χ3v) is 0.348. The zero-order valence-corrected chi connectivity index (χ0v) is 4.82. The van der Waals surface area contributed by atoms with Crippen molar-refractivity contribution in [3.05, 3.63) is 6.10 Å². The van der Waals surface area contributed by atoms with Crippen LogP contribution in [-0.4, -0.2) is 5.97 Å². The maximum Gasteiger partial charge on any atom is 1.00 e. The lowest BCUT2D eigenvalue weighted by Gasteiger charge is -2.00. The highest BCUT2D eigenvalue weighted by molar-refractivity contribution is 5.66. The summed E-state index contributed by atoms with van der Waals surface area (Å²) in [4.78, 5) is 10.0. The standard InChI is InChI=1S/C5H9O2/c1-4(2)7-5(3)6/h1-3H3/p+1. The molecule has 0 heterocycles. The number of ether oxygens (including phenoxy) is 1. The summed E-state index contributed by atoms with van der Waals surface area (Å²) in [6.07, 6.45) is 0.688. The van der Waals surface area contributed by atoms with Crippen molar-refractivity contribution in [2.24, 2.45) is 0 Å². The number of rotatable bonds is 1. The van der Waals surface area contributed by atoms with Gasteiger partial charge in [0.25, 0.3) is 0 Å². The molecule has 41 valence electrons. The summed E-state index contributed by atoms with van der Waals surface area (Å²) in [5.74, 6) is -0.250. The number of carbonyl (C=O) groups is 1. The van der Waals surface area contributed by atoms with Gasteiger partial charge < -0.3 is 4.74 Å². The molecule has 0 spiro atoms. The van der Waals surface area contributed by atoms with Gasteiger partial charge >= 0.3 is 7.40 Å². The first kappa shape index (κ1) is 6.47. The van der Waals surface area contributed by atoms with Crippen LogP contribution in [-0.2, 0) is 9.53 Å². The van der Waals surface area contributed by atoms with E-state index in [0.29, 0.717) is 6.10 Å². The molecule has 0 aromatic heterocycles. The molecule has 0 amide bonds. The van der Waals surface area contributed by atoms with Gasteiger partial charge in [-0.2, -0.15) is 0 Å². The van der Waals surface area contributed by atoms with Crippen LogP contribution >= 0.6 is 0 Å². The van der Waals surface area contributed by atoms with Gasteiger partial charge in [0.2, 0.25) is 0 Å². The van der Waals surface area contributed by atoms with Crippen molar-refractivity contribution in [2.45, 2.75) is 20.8 Å². The van der Waals surface area contributed by atoms with Gasteiger partial charge in [-0.1, -0.05) is 0 Å². The first-order valence-corrected chi connectivity index (χ1v) is 2.11. The minimum atomic E-state index is -0.250. The van der Waals surface area contributed by atoms with Crippen molar-refractivity contribution >= 4 is 5.97 Å². The molecule has 0 aliphatic heterocycles. The summed E-state index contributed by atoms with van der Waals surface area (Å²) in [5.41, 5.74) is 0. The topological polar surface area (TPSA) is 26.3 Å². The molecule has 7 heavy (non-hydrogen) atoms. The van der Waals surface area contributed by atoms with Gasteiger partial charge in [-0.15, -0.1) is 0 Å². The van der Waals surface area contributed by atoms with Crippen molar-refractivity contribution in [1.82, 2.24) is 0 Å². The Balaban J connectivity index is 0. The molecular formula is C5H10O2+. The van der Waals surface area contributed by atoms with E-state index in [-0.39, 0.29) is 7.40 Å². The van der Waals surface area contributed by atoms with Gasteiger partial charge in [-0.05, 0) is 13.8 Å². The van der Waals surface area contributed by atoms with Crippen molar-refractivity contribution in [1.29, 1.82) is 0 Å². The fraction of sp³-hybridized carbons (Fsp3) is 0.600. The van der Waals surface area contributed by atoms with E-state index in [2.05, 4.69) is 4.74 Å². The average molecular weight is 102 g/mol. The lowest BCUT2D eigenvalue weighted by Crippen LogP contribution is -1.99. The molecule has 0 fully saturated rings.